The van der Waals surface area contributed by atoms with Gasteiger partial charge in [0, 0.05) is 0 Å². The van der Waals surface area contributed by atoms with Crippen molar-refractivity contribution in [2.45, 2.75) is 12.3 Å². The largest absolute Gasteiger partial charge is 0.327 e. The quantitative estimate of drug-likeness (QED) is 0.230. The highest BCUT2D eigenvalue weighted by atomic mass is 16.7. The Hall–Kier alpha value is -2.10. The van der Waals surface area contributed by atoms with Gasteiger partial charge in [0.25, 0.3) is 5.96 Å². The highest BCUT2D eigenvalue weighted by molar-refractivity contribution is 5.83. The fourth-order valence-corrected chi connectivity index (χ4v) is 1.19. The van der Waals surface area contributed by atoms with E-state index in [-0.39, 0.29) is 18.2 Å². The summed E-state index contributed by atoms with van der Waals surface area (Å²) in [6.45, 7) is 0. The lowest BCUT2D eigenvalue weighted by Gasteiger charge is -2.27. The average Bonchev–Trinajstić information content (AvgIpc) is 2.42. The van der Waals surface area contributed by atoms with Crippen LogP contribution in [0.25, 0.3) is 0 Å². The van der Waals surface area contributed by atoms with Gasteiger partial charge in [0.2, 0.25) is 0 Å². The summed E-state index contributed by atoms with van der Waals surface area (Å²) in [4.78, 5) is 20.9. The lowest BCUT2D eigenvalue weighted by molar-refractivity contribution is -0.485. The van der Waals surface area contributed by atoms with E-state index in [0.29, 0.717) is 0 Å². The fraction of sp³-hybridized carbons (Fsp3) is 0.500. The van der Waals surface area contributed by atoms with Gasteiger partial charge in [0.15, 0.2) is 5.03 Å². The third-order valence-electron chi connectivity index (χ3n) is 1.73. The van der Waals surface area contributed by atoms with Gasteiger partial charge in [-0.1, -0.05) is 0 Å². The first-order chi connectivity index (χ1) is 6.65. The standard InChI is InChI=1S/C4H7N7O3/c12-4-6-1-2(7-4)8-9-3(5-1)10-11(13)14/h1-2,8H,(H2,5,9,10)(H2,6,7,12)/t1-,2-/m1/s1. The Bertz CT molecular complexity index is 314. The molecule has 0 aliphatic carbocycles. The molecule has 2 amide bonds. The minimum Gasteiger partial charge on any atom is -0.327 e. The maximum atomic E-state index is 10.8. The molecule has 2 aliphatic rings. The minimum absolute atomic E-state index is 0.0553. The molecule has 5 N–H and O–H groups in total. The number of hydrazone groups is 1. The number of hydrogen-bond donors (Lipinski definition) is 5. The topological polar surface area (TPSA) is 133 Å². The third kappa shape index (κ3) is 1.50. The molecule has 0 unspecified atom stereocenters. The second kappa shape index (κ2) is 2.99. The number of amides is 2. The van der Waals surface area contributed by atoms with Gasteiger partial charge in [-0.25, -0.2) is 20.3 Å². The van der Waals surface area contributed by atoms with E-state index in [1.807, 2.05) is 0 Å². The molecule has 0 aromatic heterocycles. The molecule has 0 bridgehead atoms. The van der Waals surface area contributed by atoms with Gasteiger partial charge in [-0.3, -0.25) is 5.43 Å². The second-order valence-corrected chi connectivity index (χ2v) is 2.67. The molecule has 2 saturated heterocycles. The zero-order valence-corrected chi connectivity index (χ0v) is 6.77. The van der Waals surface area contributed by atoms with E-state index in [0.717, 1.165) is 0 Å². The molecule has 0 radical (unpaired) electrons. The monoisotopic (exact) mass is 201 g/mol. The average molecular weight is 201 g/mol. The number of rotatable bonds is 1. The SMILES string of the molecule is O=C1N[C@@H]2NN/C(=N\[N+](=O)[O-])N[C@@H]2N1. The van der Waals surface area contributed by atoms with Gasteiger partial charge in [-0.05, 0) is 0 Å². The second-order valence-electron chi connectivity index (χ2n) is 2.67. The summed E-state index contributed by atoms with van der Waals surface area (Å²) in [5.74, 6) is -0.0553. The van der Waals surface area contributed by atoms with Crippen molar-refractivity contribution in [2.75, 3.05) is 0 Å². The van der Waals surface area contributed by atoms with Crippen LogP contribution in [0.2, 0.25) is 0 Å². The van der Waals surface area contributed by atoms with Crippen molar-refractivity contribution >= 4 is 12.0 Å². The Labute approximate surface area is 77.2 Å². The summed E-state index contributed by atoms with van der Waals surface area (Å²) < 4.78 is 0. The van der Waals surface area contributed by atoms with Crippen molar-refractivity contribution < 1.29 is 9.83 Å². The molecule has 14 heavy (non-hydrogen) atoms. The highest BCUT2D eigenvalue weighted by Crippen LogP contribution is 1.97. The fourth-order valence-electron chi connectivity index (χ4n) is 1.19. The summed E-state index contributed by atoms with van der Waals surface area (Å²) in [6, 6.07) is -0.357. The van der Waals surface area contributed by atoms with Crippen molar-refractivity contribution in [1.29, 1.82) is 0 Å². The lowest BCUT2D eigenvalue weighted by Crippen LogP contribution is -2.68. The van der Waals surface area contributed by atoms with Crippen molar-refractivity contribution in [3.63, 3.8) is 0 Å². The maximum absolute atomic E-state index is 10.8. The number of guanidine groups is 1. The molecule has 0 aromatic rings. The summed E-state index contributed by atoms with van der Waals surface area (Å²) >= 11 is 0. The van der Waals surface area contributed by atoms with Crippen molar-refractivity contribution in [3.8, 4) is 0 Å². The molecule has 0 saturated carbocycles. The number of nitrogens with zero attached hydrogens (tertiary/aromatic N) is 2. The Morgan fingerprint density at radius 1 is 1.29 bits per heavy atom. The molecule has 2 heterocycles. The molecule has 10 nitrogen and oxygen atoms in total. The van der Waals surface area contributed by atoms with Crippen molar-refractivity contribution in [2.24, 2.45) is 5.10 Å². The normalized spacial score (nSPS) is 32.3. The van der Waals surface area contributed by atoms with Gasteiger partial charge in [-0.2, -0.15) is 0 Å². The molecule has 76 valence electrons. The maximum Gasteiger partial charge on any atom is 0.317 e. The number of nitrogens with one attached hydrogen (secondary N) is 5. The van der Waals surface area contributed by atoms with Crippen LogP contribution in [0.5, 0.6) is 0 Å². The Morgan fingerprint density at radius 3 is 2.71 bits per heavy atom. The first kappa shape index (κ1) is 8.50. The predicted octanol–water partition coefficient (Wildman–Crippen LogP) is -2.80. The van der Waals surface area contributed by atoms with Crippen LogP contribution in [0.4, 0.5) is 4.79 Å². The smallest absolute Gasteiger partial charge is 0.317 e. The number of urea groups is 1. The van der Waals surface area contributed by atoms with Crippen molar-refractivity contribution in [3.05, 3.63) is 10.1 Å². The van der Waals surface area contributed by atoms with E-state index in [2.05, 4.69) is 31.9 Å². The van der Waals surface area contributed by atoms with E-state index < -0.39 is 11.2 Å². The van der Waals surface area contributed by atoms with Crippen LogP contribution in [0, 0.1) is 10.1 Å². The summed E-state index contributed by atoms with van der Waals surface area (Å²) in [5.41, 5.74) is 5.06. The van der Waals surface area contributed by atoms with E-state index in [9.17, 15) is 14.9 Å². The highest BCUT2D eigenvalue weighted by Gasteiger charge is 2.36. The Morgan fingerprint density at radius 2 is 2.00 bits per heavy atom. The van der Waals surface area contributed by atoms with Crippen LogP contribution in [-0.2, 0) is 0 Å². The molecular formula is C4H7N7O3. The molecular weight excluding hydrogens is 194 g/mol. The predicted molar refractivity (Wildman–Crippen MR) is 43.1 cm³/mol. The number of fused-ring (bicyclic) bond motifs is 1. The Kier molecular flexibility index (Phi) is 1.81. The number of hydrazine groups is 1. The van der Waals surface area contributed by atoms with Gasteiger partial charge in [0.1, 0.15) is 17.4 Å². The van der Waals surface area contributed by atoms with E-state index in [4.69, 9.17) is 0 Å². The van der Waals surface area contributed by atoms with Crippen LogP contribution < -0.4 is 26.8 Å². The zero-order chi connectivity index (χ0) is 10.1. The first-order valence-electron chi connectivity index (χ1n) is 3.73. The van der Waals surface area contributed by atoms with Gasteiger partial charge in [0.05, 0.1) is 0 Å². The zero-order valence-electron chi connectivity index (χ0n) is 6.77. The molecule has 2 aliphatic heterocycles. The number of hydrogen-bond acceptors (Lipinski definition) is 4. The van der Waals surface area contributed by atoms with E-state index >= 15 is 0 Å². The van der Waals surface area contributed by atoms with Crippen LogP contribution in [0.1, 0.15) is 0 Å². The van der Waals surface area contributed by atoms with Gasteiger partial charge >= 0.3 is 6.03 Å². The molecule has 0 aromatic carbocycles. The van der Waals surface area contributed by atoms with Crippen molar-refractivity contribution in [1.82, 2.24) is 26.8 Å². The van der Waals surface area contributed by atoms with E-state index in [1.54, 1.807) is 0 Å². The number of carbonyl (C=O) groups excluding carboxylic acids is 1. The molecule has 2 atom stereocenters. The van der Waals surface area contributed by atoms with Crippen LogP contribution >= 0.6 is 0 Å². The molecule has 10 heteroatoms. The minimum atomic E-state index is -0.846. The van der Waals surface area contributed by atoms with E-state index in [1.165, 1.54) is 0 Å². The van der Waals surface area contributed by atoms with Crippen LogP contribution in [0.15, 0.2) is 5.10 Å². The Balaban J connectivity index is 2.04. The molecule has 0 spiro atoms. The molecule has 2 rings (SSSR count). The number of nitro groups is 1. The van der Waals surface area contributed by atoms with Crippen LogP contribution in [0.3, 0.4) is 0 Å². The summed E-state index contributed by atoms with van der Waals surface area (Å²) in [6.07, 6.45) is -0.823. The molecule has 2 fully saturated rings. The number of carbonyl (C=O) groups is 1. The van der Waals surface area contributed by atoms with Gasteiger partial charge in [-0.15, -0.1) is 0 Å². The summed E-state index contributed by atoms with van der Waals surface area (Å²) in [5, 5.41) is 19.8. The van der Waals surface area contributed by atoms with Crippen LogP contribution in [-0.4, -0.2) is 29.4 Å². The summed E-state index contributed by atoms with van der Waals surface area (Å²) in [7, 11) is 0. The first-order valence-corrected chi connectivity index (χ1v) is 3.73. The third-order valence-corrected chi connectivity index (χ3v) is 1.73. The van der Waals surface area contributed by atoms with Gasteiger partial charge < -0.3 is 16.0 Å². The lowest BCUT2D eigenvalue weighted by atomic mass is 10.4.